The molecule has 156 valence electrons. The third-order valence-electron chi connectivity index (χ3n) is 6.33. The van der Waals surface area contributed by atoms with E-state index < -0.39 is 11.6 Å². The van der Waals surface area contributed by atoms with Crippen LogP contribution in [0.2, 0.25) is 0 Å². The van der Waals surface area contributed by atoms with Gasteiger partial charge in [-0.25, -0.2) is 4.79 Å². The maximum atomic E-state index is 13.1. The summed E-state index contributed by atoms with van der Waals surface area (Å²) >= 11 is 0. The molecule has 0 aromatic heterocycles. The van der Waals surface area contributed by atoms with Crippen molar-refractivity contribution in [2.75, 3.05) is 11.9 Å². The van der Waals surface area contributed by atoms with Crippen molar-refractivity contribution in [3.8, 4) is 0 Å². The van der Waals surface area contributed by atoms with Crippen LogP contribution < -0.4 is 10.6 Å². The first kappa shape index (κ1) is 20.1. The zero-order valence-electron chi connectivity index (χ0n) is 17.2. The highest BCUT2D eigenvalue weighted by Gasteiger charge is 2.55. The van der Waals surface area contributed by atoms with E-state index in [0.717, 1.165) is 35.3 Å². The van der Waals surface area contributed by atoms with Gasteiger partial charge in [0.2, 0.25) is 5.91 Å². The van der Waals surface area contributed by atoms with Crippen LogP contribution in [0.1, 0.15) is 43.7 Å². The van der Waals surface area contributed by atoms with Gasteiger partial charge in [0.05, 0.1) is 0 Å². The summed E-state index contributed by atoms with van der Waals surface area (Å²) in [7, 11) is 0. The van der Waals surface area contributed by atoms with E-state index in [-0.39, 0.29) is 24.3 Å². The number of nitrogens with zero attached hydrogens (tertiary/aromatic N) is 1. The summed E-state index contributed by atoms with van der Waals surface area (Å²) in [5.74, 6) is -0.575. The number of carbonyl (C=O) groups excluding carboxylic acids is 3. The summed E-state index contributed by atoms with van der Waals surface area (Å²) in [5.41, 5.74) is 1.97. The molecule has 1 saturated carbocycles. The Bertz CT molecular complexity index is 959. The third kappa shape index (κ3) is 3.82. The fraction of sp³-hybridized carbons (Fsp3) is 0.375. The van der Waals surface area contributed by atoms with Gasteiger partial charge in [0.15, 0.2) is 0 Å². The average Bonchev–Trinajstić information content (AvgIpc) is 2.97. The molecule has 30 heavy (non-hydrogen) atoms. The van der Waals surface area contributed by atoms with Gasteiger partial charge in [-0.15, -0.1) is 0 Å². The van der Waals surface area contributed by atoms with Gasteiger partial charge < -0.3 is 10.6 Å². The fourth-order valence-electron chi connectivity index (χ4n) is 4.58. The lowest BCUT2D eigenvalue weighted by molar-refractivity contribution is -0.136. The first-order valence-electron chi connectivity index (χ1n) is 10.6. The van der Waals surface area contributed by atoms with E-state index in [0.29, 0.717) is 18.5 Å². The molecule has 2 N–H and O–H groups in total. The van der Waals surface area contributed by atoms with Crippen molar-refractivity contribution >= 4 is 23.5 Å². The second-order valence-corrected chi connectivity index (χ2v) is 8.31. The SMILES string of the molecule is C[C@@H]1CCCC[C@@]12NC(=O)N(CC(=O)Nc1ccccc1Cc1ccccc1)C2=O. The molecule has 4 rings (SSSR count). The molecule has 4 amide bonds. The highest BCUT2D eigenvalue weighted by Crippen LogP contribution is 2.38. The number of benzene rings is 2. The largest absolute Gasteiger partial charge is 0.325 e. The predicted molar refractivity (Wildman–Crippen MR) is 115 cm³/mol. The maximum absolute atomic E-state index is 13.1. The number of hydrogen-bond donors (Lipinski definition) is 2. The van der Waals surface area contributed by atoms with Crippen molar-refractivity contribution < 1.29 is 14.4 Å². The van der Waals surface area contributed by atoms with Crippen LogP contribution in [-0.2, 0) is 16.0 Å². The Kier molecular flexibility index (Phi) is 5.57. The van der Waals surface area contributed by atoms with Crippen LogP contribution in [-0.4, -0.2) is 34.8 Å². The monoisotopic (exact) mass is 405 g/mol. The number of nitrogens with one attached hydrogen (secondary N) is 2. The number of rotatable bonds is 5. The lowest BCUT2D eigenvalue weighted by Gasteiger charge is -2.36. The van der Waals surface area contributed by atoms with E-state index in [1.54, 1.807) is 0 Å². The van der Waals surface area contributed by atoms with Crippen LogP contribution in [0.25, 0.3) is 0 Å². The lowest BCUT2D eigenvalue weighted by atomic mass is 9.73. The number of imide groups is 1. The Morgan fingerprint density at radius 1 is 1.10 bits per heavy atom. The van der Waals surface area contributed by atoms with Gasteiger partial charge in [0, 0.05) is 5.69 Å². The number of hydrogen-bond acceptors (Lipinski definition) is 3. The minimum Gasteiger partial charge on any atom is -0.324 e. The molecule has 1 saturated heterocycles. The average molecular weight is 405 g/mol. The quantitative estimate of drug-likeness (QED) is 0.744. The molecule has 2 aliphatic rings. The van der Waals surface area contributed by atoms with E-state index in [9.17, 15) is 14.4 Å². The zero-order chi connectivity index (χ0) is 21.1. The minimum atomic E-state index is -0.846. The normalized spacial score (nSPS) is 23.5. The van der Waals surface area contributed by atoms with Crippen LogP contribution in [0, 0.1) is 5.92 Å². The second kappa shape index (κ2) is 8.30. The molecule has 0 radical (unpaired) electrons. The maximum Gasteiger partial charge on any atom is 0.325 e. The molecule has 2 atom stereocenters. The molecule has 1 spiro atoms. The Morgan fingerprint density at radius 3 is 2.60 bits per heavy atom. The van der Waals surface area contributed by atoms with Crippen molar-refractivity contribution in [2.24, 2.45) is 5.92 Å². The van der Waals surface area contributed by atoms with E-state index in [4.69, 9.17) is 0 Å². The van der Waals surface area contributed by atoms with E-state index in [1.807, 2.05) is 61.5 Å². The van der Waals surface area contributed by atoms with Gasteiger partial charge in [-0.3, -0.25) is 14.5 Å². The summed E-state index contributed by atoms with van der Waals surface area (Å²) in [6.07, 6.45) is 4.19. The van der Waals surface area contributed by atoms with Gasteiger partial charge in [0.1, 0.15) is 12.1 Å². The molecule has 0 unspecified atom stereocenters. The summed E-state index contributed by atoms with van der Waals surface area (Å²) in [5, 5.41) is 5.78. The summed E-state index contributed by atoms with van der Waals surface area (Å²) < 4.78 is 0. The number of urea groups is 1. The molecular formula is C24H27N3O3. The van der Waals surface area contributed by atoms with E-state index in [1.165, 1.54) is 0 Å². The summed E-state index contributed by atoms with van der Waals surface area (Å²) in [4.78, 5) is 39.4. The molecule has 1 aliphatic carbocycles. The molecule has 6 heteroatoms. The smallest absolute Gasteiger partial charge is 0.324 e. The molecule has 6 nitrogen and oxygen atoms in total. The molecular weight excluding hydrogens is 378 g/mol. The van der Waals surface area contributed by atoms with E-state index >= 15 is 0 Å². The van der Waals surface area contributed by atoms with Crippen molar-refractivity contribution in [2.45, 2.75) is 44.6 Å². The molecule has 1 heterocycles. The number of carbonyl (C=O) groups is 3. The van der Waals surface area contributed by atoms with Crippen LogP contribution in [0.3, 0.4) is 0 Å². The van der Waals surface area contributed by atoms with Gasteiger partial charge in [0.25, 0.3) is 5.91 Å². The summed E-state index contributed by atoms with van der Waals surface area (Å²) in [6, 6.07) is 17.1. The lowest BCUT2D eigenvalue weighted by Crippen LogP contribution is -2.54. The Morgan fingerprint density at radius 2 is 1.83 bits per heavy atom. The van der Waals surface area contributed by atoms with Crippen LogP contribution in [0.15, 0.2) is 54.6 Å². The second-order valence-electron chi connectivity index (χ2n) is 8.31. The van der Waals surface area contributed by atoms with Crippen LogP contribution in [0.5, 0.6) is 0 Å². The minimum absolute atomic E-state index is 0.0716. The van der Waals surface area contributed by atoms with Crippen molar-refractivity contribution in [3.63, 3.8) is 0 Å². The number of para-hydroxylation sites is 1. The van der Waals surface area contributed by atoms with Gasteiger partial charge in [-0.2, -0.15) is 0 Å². The molecule has 1 aliphatic heterocycles. The first-order valence-corrected chi connectivity index (χ1v) is 10.6. The molecule has 2 fully saturated rings. The Balaban J connectivity index is 1.45. The number of amides is 4. The van der Waals surface area contributed by atoms with Crippen molar-refractivity contribution in [3.05, 3.63) is 65.7 Å². The van der Waals surface area contributed by atoms with Crippen molar-refractivity contribution in [1.29, 1.82) is 0 Å². The fourth-order valence-corrected chi connectivity index (χ4v) is 4.58. The van der Waals surface area contributed by atoms with Gasteiger partial charge in [-0.1, -0.05) is 68.3 Å². The molecule has 0 bridgehead atoms. The topological polar surface area (TPSA) is 78.5 Å². The Hall–Kier alpha value is -3.15. The van der Waals surface area contributed by atoms with Crippen LogP contribution >= 0.6 is 0 Å². The van der Waals surface area contributed by atoms with Crippen molar-refractivity contribution in [1.82, 2.24) is 10.2 Å². The van der Waals surface area contributed by atoms with Crippen LogP contribution in [0.4, 0.5) is 10.5 Å². The zero-order valence-corrected chi connectivity index (χ0v) is 17.2. The predicted octanol–water partition coefficient (Wildman–Crippen LogP) is 3.72. The highest BCUT2D eigenvalue weighted by molar-refractivity contribution is 6.10. The van der Waals surface area contributed by atoms with E-state index in [2.05, 4.69) is 10.6 Å². The molecule has 2 aromatic rings. The summed E-state index contributed by atoms with van der Waals surface area (Å²) in [6.45, 7) is 1.72. The third-order valence-corrected chi connectivity index (χ3v) is 6.33. The van der Waals surface area contributed by atoms with Gasteiger partial charge >= 0.3 is 6.03 Å². The van der Waals surface area contributed by atoms with Gasteiger partial charge in [-0.05, 0) is 42.4 Å². The Labute approximate surface area is 176 Å². The molecule has 2 aromatic carbocycles. The number of anilines is 1. The first-order chi connectivity index (χ1) is 14.5. The highest BCUT2D eigenvalue weighted by atomic mass is 16.2. The standard InChI is InChI=1S/C24H27N3O3/c1-17-9-7-8-14-24(17)22(29)27(23(30)26-24)16-21(28)25-20-13-6-5-12-19(20)15-18-10-3-2-4-11-18/h2-6,10-13,17H,7-9,14-16H2,1H3,(H,25,28)(H,26,30)/t17-,24-/m1/s1.